The summed E-state index contributed by atoms with van der Waals surface area (Å²) in [4.78, 5) is 26.5. The van der Waals surface area contributed by atoms with Gasteiger partial charge in [-0.05, 0) is 25.0 Å². The van der Waals surface area contributed by atoms with E-state index < -0.39 is 11.5 Å². The highest BCUT2D eigenvalue weighted by molar-refractivity contribution is 5.90. The zero-order valence-electron chi connectivity index (χ0n) is 12.0. The zero-order chi connectivity index (χ0) is 15.5. The number of rotatable bonds is 4. The molecular weight excluding hydrogens is 274 g/mol. The van der Waals surface area contributed by atoms with E-state index in [9.17, 15) is 14.7 Å². The summed E-state index contributed by atoms with van der Waals surface area (Å²) in [6.45, 7) is 0. The molecule has 1 aliphatic rings. The molecule has 0 unspecified atom stereocenters. The lowest BCUT2D eigenvalue weighted by molar-refractivity contribution is 0.0600. The Morgan fingerprint density at radius 1 is 1.33 bits per heavy atom. The second-order valence-corrected chi connectivity index (χ2v) is 5.01. The largest absolute Gasteiger partial charge is 0.504 e. The maximum absolute atomic E-state index is 11.8. The number of aromatic hydroxyl groups is 1. The topological polar surface area (TPSA) is 85.2 Å². The fraction of sp³-hybridized carbons (Fsp3) is 0.467. The number of hydrogen-bond acceptors (Lipinski definition) is 6. The Morgan fingerprint density at radius 2 is 2.00 bits per heavy atom. The van der Waals surface area contributed by atoms with Crippen LogP contribution in [0.4, 0.5) is 0 Å². The van der Waals surface area contributed by atoms with Crippen molar-refractivity contribution >= 4 is 12.0 Å². The molecular formula is C15H17NO5. The molecule has 2 rings (SSSR count). The van der Waals surface area contributed by atoms with Gasteiger partial charge in [-0.25, -0.2) is 9.59 Å². The maximum Gasteiger partial charge on any atom is 0.337 e. The summed E-state index contributed by atoms with van der Waals surface area (Å²) < 4.78 is 9.81. The van der Waals surface area contributed by atoms with E-state index in [4.69, 9.17) is 9.47 Å². The number of phenolic OH excluding ortho intramolecular Hbond substituents is 1. The zero-order valence-corrected chi connectivity index (χ0v) is 12.0. The van der Waals surface area contributed by atoms with Crippen molar-refractivity contribution < 1.29 is 24.2 Å². The lowest BCUT2D eigenvalue weighted by atomic mass is 9.86. The van der Waals surface area contributed by atoms with E-state index >= 15 is 0 Å². The van der Waals surface area contributed by atoms with E-state index in [1.807, 2.05) is 0 Å². The molecule has 6 heteroatoms. The summed E-state index contributed by atoms with van der Waals surface area (Å²) in [5, 5.41) is 10.4. The molecule has 0 aromatic heterocycles. The molecule has 0 atom stereocenters. The first kappa shape index (κ1) is 15.1. The van der Waals surface area contributed by atoms with E-state index in [1.165, 1.54) is 26.4 Å². The number of aliphatic imine (C=N–C) groups is 1. The Labute approximate surface area is 122 Å². The Morgan fingerprint density at radius 3 is 2.52 bits per heavy atom. The van der Waals surface area contributed by atoms with Crippen LogP contribution in [0.3, 0.4) is 0 Å². The SMILES string of the molecule is COC(=O)c1cc(OC)c(O)c(C2(N=C=O)CCCC2)c1. The molecule has 1 N–H and O–H groups in total. The van der Waals surface area contributed by atoms with Gasteiger partial charge < -0.3 is 14.6 Å². The van der Waals surface area contributed by atoms with Crippen molar-refractivity contribution in [3.05, 3.63) is 23.3 Å². The molecule has 0 radical (unpaired) electrons. The molecule has 0 bridgehead atoms. The molecule has 1 aromatic carbocycles. The van der Waals surface area contributed by atoms with Crippen molar-refractivity contribution in [1.82, 2.24) is 0 Å². The quantitative estimate of drug-likeness (QED) is 0.522. The van der Waals surface area contributed by atoms with Crippen LogP contribution in [0.1, 0.15) is 41.6 Å². The van der Waals surface area contributed by atoms with Gasteiger partial charge in [0.1, 0.15) is 5.54 Å². The van der Waals surface area contributed by atoms with E-state index in [1.54, 1.807) is 6.08 Å². The van der Waals surface area contributed by atoms with Crippen LogP contribution in [-0.4, -0.2) is 31.4 Å². The molecule has 1 fully saturated rings. The normalized spacial score (nSPS) is 16.1. The summed E-state index contributed by atoms with van der Waals surface area (Å²) >= 11 is 0. The molecule has 1 aliphatic carbocycles. The lowest BCUT2D eigenvalue weighted by Crippen LogP contribution is -2.20. The van der Waals surface area contributed by atoms with Crippen LogP contribution in [0.15, 0.2) is 17.1 Å². The summed E-state index contributed by atoms with van der Waals surface area (Å²) in [5.41, 5.74) is -0.194. The molecule has 6 nitrogen and oxygen atoms in total. The molecule has 1 saturated carbocycles. The molecule has 21 heavy (non-hydrogen) atoms. The van der Waals surface area contributed by atoms with Crippen LogP contribution in [0, 0.1) is 0 Å². The van der Waals surface area contributed by atoms with Gasteiger partial charge >= 0.3 is 5.97 Å². The van der Waals surface area contributed by atoms with Crippen molar-refractivity contribution in [2.45, 2.75) is 31.2 Å². The number of nitrogens with zero attached hydrogens (tertiary/aromatic N) is 1. The van der Waals surface area contributed by atoms with Gasteiger partial charge in [0, 0.05) is 5.56 Å². The standard InChI is InChI=1S/C15H17NO5/c1-20-12-8-10(14(19)21-2)7-11(13(12)18)15(16-9-17)5-3-4-6-15/h7-8,18H,3-6H2,1-2H3. The highest BCUT2D eigenvalue weighted by Gasteiger charge is 2.39. The van der Waals surface area contributed by atoms with Crippen LogP contribution in [-0.2, 0) is 15.1 Å². The van der Waals surface area contributed by atoms with Crippen molar-refractivity contribution in [3.8, 4) is 11.5 Å². The van der Waals surface area contributed by atoms with E-state index in [2.05, 4.69) is 4.99 Å². The van der Waals surface area contributed by atoms with Crippen molar-refractivity contribution in [2.75, 3.05) is 14.2 Å². The summed E-state index contributed by atoms with van der Waals surface area (Å²) in [6, 6.07) is 2.91. The highest BCUT2D eigenvalue weighted by Crippen LogP contribution is 2.48. The van der Waals surface area contributed by atoms with Gasteiger partial charge in [0.05, 0.1) is 19.8 Å². The summed E-state index contributed by atoms with van der Waals surface area (Å²) in [5.74, 6) is -0.496. The molecule has 112 valence electrons. The first-order chi connectivity index (χ1) is 10.1. The average Bonchev–Trinajstić information content (AvgIpc) is 2.96. The van der Waals surface area contributed by atoms with E-state index in [0.717, 1.165) is 12.8 Å². The number of carbonyl (C=O) groups is 1. The Bertz CT molecular complexity index is 598. The fourth-order valence-corrected chi connectivity index (χ4v) is 2.84. The van der Waals surface area contributed by atoms with Crippen LogP contribution in [0.5, 0.6) is 11.5 Å². The van der Waals surface area contributed by atoms with E-state index in [-0.39, 0.29) is 17.1 Å². The number of isocyanates is 1. The minimum Gasteiger partial charge on any atom is -0.504 e. The first-order valence-corrected chi connectivity index (χ1v) is 6.67. The number of carbonyl (C=O) groups excluding carboxylic acids is 2. The van der Waals surface area contributed by atoms with Crippen LogP contribution in [0.2, 0.25) is 0 Å². The summed E-state index contributed by atoms with van der Waals surface area (Å²) in [7, 11) is 2.67. The predicted octanol–water partition coefficient (Wildman–Crippen LogP) is 2.29. The second-order valence-electron chi connectivity index (χ2n) is 5.01. The molecule has 0 aliphatic heterocycles. The van der Waals surface area contributed by atoms with Crippen LogP contribution >= 0.6 is 0 Å². The maximum atomic E-state index is 11.8. The van der Waals surface area contributed by atoms with Gasteiger partial charge in [0.25, 0.3) is 0 Å². The van der Waals surface area contributed by atoms with Crippen molar-refractivity contribution in [3.63, 3.8) is 0 Å². The Kier molecular flexibility index (Phi) is 4.29. The third-order valence-electron chi connectivity index (χ3n) is 3.91. The van der Waals surface area contributed by atoms with Gasteiger partial charge in [-0.1, -0.05) is 12.8 Å². The monoisotopic (exact) mass is 291 g/mol. The fourth-order valence-electron chi connectivity index (χ4n) is 2.84. The molecule has 0 heterocycles. The molecule has 0 spiro atoms. The number of methoxy groups -OCH3 is 2. The van der Waals surface area contributed by atoms with E-state index in [0.29, 0.717) is 18.4 Å². The molecule has 1 aromatic rings. The Balaban J connectivity index is 2.65. The number of ether oxygens (including phenoxy) is 2. The average molecular weight is 291 g/mol. The highest BCUT2D eigenvalue weighted by atomic mass is 16.5. The number of phenols is 1. The minimum absolute atomic E-state index is 0.106. The van der Waals surface area contributed by atoms with Crippen LogP contribution in [0.25, 0.3) is 0 Å². The van der Waals surface area contributed by atoms with Crippen LogP contribution < -0.4 is 4.74 Å². The third kappa shape index (κ3) is 2.62. The smallest absolute Gasteiger partial charge is 0.337 e. The number of esters is 1. The first-order valence-electron chi connectivity index (χ1n) is 6.67. The predicted molar refractivity (Wildman–Crippen MR) is 74.3 cm³/mol. The number of benzene rings is 1. The number of hydrogen-bond donors (Lipinski definition) is 1. The van der Waals surface area contributed by atoms with Gasteiger partial charge in [0.15, 0.2) is 11.5 Å². The minimum atomic E-state index is -0.844. The Hall–Kier alpha value is -2.33. The van der Waals surface area contributed by atoms with Gasteiger partial charge in [-0.2, -0.15) is 4.99 Å². The van der Waals surface area contributed by atoms with Gasteiger partial charge in [-0.15, -0.1) is 0 Å². The molecule has 0 saturated heterocycles. The third-order valence-corrected chi connectivity index (χ3v) is 3.91. The lowest BCUT2D eigenvalue weighted by Gasteiger charge is -2.25. The molecule has 0 amide bonds. The summed E-state index contributed by atoms with van der Waals surface area (Å²) in [6.07, 6.45) is 4.58. The van der Waals surface area contributed by atoms with Crippen molar-refractivity contribution in [1.29, 1.82) is 0 Å². The second kappa shape index (κ2) is 5.97. The van der Waals surface area contributed by atoms with Gasteiger partial charge in [0.2, 0.25) is 6.08 Å². The van der Waals surface area contributed by atoms with Crippen molar-refractivity contribution in [2.24, 2.45) is 4.99 Å². The van der Waals surface area contributed by atoms with Gasteiger partial charge in [-0.3, -0.25) is 0 Å².